The Balaban J connectivity index is 1.71. The number of nitrogens with zero attached hydrogens (tertiary/aromatic N) is 1. The van der Waals surface area contributed by atoms with E-state index in [1.54, 1.807) is 30.3 Å². The first-order valence-electron chi connectivity index (χ1n) is 9.61. The molecule has 0 aliphatic carbocycles. The fourth-order valence-corrected chi connectivity index (χ4v) is 3.87. The number of hydrogen-bond acceptors (Lipinski definition) is 3. The molecule has 0 aliphatic heterocycles. The molecule has 0 unspecified atom stereocenters. The number of halogens is 1. The molecule has 1 N–H and O–H groups in total. The smallest absolute Gasteiger partial charge is 0.269 e. The van der Waals surface area contributed by atoms with Gasteiger partial charge in [0.25, 0.3) is 11.8 Å². The van der Waals surface area contributed by atoms with Gasteiger partial charge in [0, 0.05) is 16.5 Å². The zero-order valence-electron chi connectivity index (χ0n) is 16.8. The summed E-state index contributed by atoms with van der Waals surface area (Å²) in [4.78, 5) is 26.2. The van der Waals surface area contributed by atoms with Crippen LogP contribution in [0.1, 0.15) is 24.2 Å². The number of carbonyl (C=O) groups excluding carboxylic acids is 2. The van der Waals surface area contributed by atoms with Crippen LogP contribution >= 0.6 is 11.8 Å². The summed E-state index contributed by atoms with van der Waals surface area (Å²) in [5, 5.41) is 1.35. The lowest BCUT2D eigenvalue weighted by atomic mass is 10.1. The average molecular weight is 423 g/mol. The van der Waals surface area contributed by atoms with Crippen LogP contribution in [0.4, 0.5) is 4.39 Å². The van der Waals surface area contributed by atoms with Crippen molar-refractivity contribution in [2.45, 2.75) is 24.8 Å². The maximum atomic E-state index is 13.6. The highest BCUT2D eigenvalue weighted by Gasteiger charge is 2.21. The van der Waals surface area contributed by atoms with Crippen molar-refractivity contribution in [2.75, 3.05) is 5.75 Å². The lowest BCUT2D eigenvalue weighted by Gasteiger charge is -2.27. The molecule has 0 saturated carbocycles. The topological polar surface area (TPSA) is 49.4 Å². The lowest BCUT2D eigenvalue weighted by molar-refractivity contribution is -0.132. The third-order valence-corrected chi connectivity index (χ3v) is 5.48. The van der Waals surface area contributed by atoms with Gasteiger partial charge in [-0.1, -0.05) is 48.5 Å². The molecule has 0 fully saturated rings. The van der Waals surface area contributed by atoms with Gasteiger partial charge in [-0.15, -0.1) is 11.8 Å². The van der Waals surface area contributed by atoms with Crippen molar-refractivity contribution in [1.29, 1.82) is 0 Å². The molecule has 0 saturated heterocycles. The predicted molar refractivity (Wildman–Crippen MR) is 118 cm³/mol. The second-order valence-corrected chi connectivity index (χ2v) is 7.98. The number of nitrogens with one attached hydrogen (secondary N) is 1. The molecule has 0 heterocycles. The van der Waals surface area contributed by atoms with E-state index in [-0.39, 0.29) is 29.4 Å². The summed E-state index contributed by atoms with van der Waals surface area (Å²) < 4.78 is 13.6. The third kappa shape index (κ3) is 5.48. The molecule has 0 aliphatic rings. The first kappa shape index (κ1) is 21.6. The standard InChI is InChI=1S/C24H23FN2O2S/c1-17(2)27(26-24(29)18-9-4-3-5-10-18)23(28)16-30-22-14-7-6-13-21(22)19-11-8-12-20(25)15-19/h3-15,17H,16H2,1-2H3,(H,26,29). The van der Waals surface area contributed by atoms with Gasteiger partial charge in [-0.25, -0.2) is 4.39 Å². The van der Waals surface area contributed by atoms with Gasteiger partial charge in [0.15, 0.2) is 0 Å². The molecule has 0 aromatic heterocycles. The van der Waals surface area contributed by atoms with Crippen LogP contribution in [0.2, 0.25) is 0 Å². The molecule has 154 valence electrons. The lowest BCUT2D eigenvalue weighted by Crippen LogP contribution is -2.50. The Morgan fingerprint density at radius 2 is 1.67 bits per heavy atom. The number of rotatable bonds is 6. The van der Waals surface area contributed by atoms with Gasteiger partial charge in [-0.3, -0.25) is 20.0 Å². The number of hydrogen-bond donors (Lipinski definition) is 1. The molecule has 3 rings (SSSR count). The predicted octanol–water partition coefficient (Wildman–Crippen LogP) is 5.17. The van der Waals surface area contributed by atoms with Gasteiger partial charge in [0.1, 0.15) is 5.82 Å². The van der Waals surface area contributed by atoms with E-state index in [1.807, 2.05) is 50.2 Å². The number of thioether (sulfide) groups is 1. The first-order valence-corrected chi connectivity index (χ1v) is 10.6. The molecule has 0 atom stereocenters. The van der Waals surface area contributed by atoms with Gasteiger partial charge in [-0.2, -0.15) is 0 Å². The molecule has 0 radical (unpaired) electrons. The van der Waals surface area contributed by atoms with Crippen molar-refractivity contribution < 1.29 is 14.0 Å². The van der Waals surface area contributed by atoms with Crippen LogP contribution in [0.5, 0.6) is 0 Å². The van der Waals surface area contributed by atoms with Gasteiger partial charge in [-0.05, 0) is 55.3 Å². The van der Waals surface area contributed by atoms with E-state index >= 15 is 0 Å². The minimum Gasteiger partial charge on any atom is -0.272 e. The van der Waals surface area contributed by atoms with Crippen LogP contribution < -0.4 is 5.43 Å². The van der Waals surface area contributed by atoms with Gasteiger partial charge in [0.05, 0.1) is 5.75 Å². The van der Waals surface area contributed by atoms with Gasteiger partial charge in [0.2, 0.25) is 0 Å². The Morgan fingerprint density at radius 3 is 2.37 bits per heavy atom. The van der Waals surface area contributed by atoms with Crippen LogP contribution in [0.15, 0.2) is 83.8 Å². The molecule has 3 aromatic rings. The van der Waals surface area contributed by atoms with Crippen molar-refractivity contribution in [2.24, 2.45) is 0 Å². The zero-order valence-corrected chi connectivity index (χ0v) is 17.7. The monoisotopic (exact) mass is 422 g/mol. The van der Waals surface area contributed by atoms with Crippen molar-refractivity contribution in [1.82, 2.24) is 10.4 Å². The Labute approximate surface area is 180 Å². The van der Waals surface area contributed by atoms with E-state index in [0.717, 1.165) is 16.0 Å². The van der Waals surface area contributed by atoms with Crippen molar-refractivity contribution in [3.8, 4) is 11.1 Å². The van der Waals surface area contributed by atoms with E-state index in [4.69, 9.17) is 0 Å². The first-order chi connectivity index (χ1) is 14.5. The number of benzene rings is 3. The highest BCUT2D eigenvalue weighted by Crippen LogP contribution is 2.31. The fourth-order valence-electron chi connectivity index (χ4n) is 2.94. The highest BCUT2D eigenvalue weighted by atomic mass is 32.2. The number of carbonyl (C=O) groups is 2. The van der Waals surface area contributed by atoms with Gasteiger partial charge >= 0.3 is 0 Å². The fraction of sp³-hybridized carbons (Fsp3) is 0.167. The molecular formula is C24H23FN2O2S. The largest absolute Gasteiger partial charge is 0.272 e. The van der Waals surface area contributed by atoms with E-state index in [9.17, 15) is 14.0 Å². The van der Waals surface area contributed by atoms with Crippen molar-refractivity contribution >= 4 is 23.6 Å². The van der Waals surface area contributed by atoms with E-state index < -0.39 is 0 Å². The molecule has 30 heavy (non-hydrogen) atoms. The minimum atomic E-state index is -0.331. The summed E-state index contributed by atoms with van der Waals surface area (Å²) in [5.41, 5.74) is 4.80. The van der Waals surface area contributed by atoms with Crippen LogP contribution in [0.3, 0.4) is 0 Å². The molecule has 0 bridgehead atoms. The maximum Gasteiger partial charge on any atom is 0.269 e. The molecule has 2 amide bonds. The highest BCUT2D eigenvalue weighted by molar-refractivity contribution is 8.00. The van der Waals surface area contributed by atoms with Crippen molar-refractivity contribution in [3.05, 3.63) is 90.2 Å². The Hall–Kier alpha value is -3.12. The second kappa shape index (κ2) is 10.1. The Morgan fingerprint density at radius 1 is 0.967 bits per heavy atom. The summed E-state index contributed by atoms with van der Waals surface area (Å²) in [7, 11) is 0. The molecule has 3 aromatic carbocycles. The summed E-state index contributed by atoms with van der Waals surface area (Å²) >= 11 is 1.36. The van der Waals surface area contributed by atoms with E-state index in [2.05, 4.69) is 5.43 Å². The summed E-state index contributed by atoms with van der Waals surface area (Å²) in [6.45, 7) is 3.68. The van der Waals surface area contributed by atoms with Gasteiger partial charge < -0.3 is 0 Å². The number of hydrazine groups is 1. The Kier molecular flexibility index (Phi) is 7.25. The number of amides is 2. The summed E-state index contributed by atoms with van der Waals surface area (Å²) in [5.74, 6) is -0.714. The van der Waals surface area contributed by atoms with Crippen LogP contribution in [0.25, 0.3) is 11.1 Å². The Bertz CT molecular complexity index is 1020. The van der Waals surface area contributed by atoms with Crippen molar-refractivity contribution in [3.63, 3.8) is 0 Å². The van der Waals surface area contributed by atoms with E-state index in [1.165, 1.54) is 28.9 Å². The SMILES string of the molecule is CC(C)N(NC(=O)c1ccccc1)C(=O)CSc1ccccc1-c1cccc(F)c1. The second-order valence-electron chi connectivity index (χ2n) is 6.96. The average Bonchev–Trinajstić information content (AvgIpc) is 2.76. The summed E-state index contributed by atoms with van der Waals surface area (Å²) in [6.07, 6.45) is 0. The van der Waals surface area contributed by atoms with Crippen LogP contribution in [0, 0.1) is 5.82 Å². The zero-order chi connectivity index (χ0) is 21.5. The molecule has 6 heteroatoms. The molecular weight excluding hydrogens is 399 g/mol. The third-order valence-electron chi connectivity index (χ3n) is 4.42. The van der Waals surface area contributed by atoms with E-state index in [0.29, 0.717) is 5.56 Å². The normalized spacial score (nSPS) is 10.7. The molecule has 4 nitrogen and oxygen atoms in total. The maximum absolute atomic E-state index is 13.6. The minimum absolute atomic E-state index is 0.138. The summed E-state index contributed by atoms with van der Waals surface area (Å²) in [6, 6.07) is 22.5. The van der Waals surface area contributed by atoms with Crippen LogP contribution in [-0.4, -0.2) is 28.6 Å². The van der Waals surface area contributed by atoms with Crippen LogP contribution in [-0.2, 0) is 4.79 Å². The molecule has 0 spiro atoms. The quantitative estimate of drug-likeness (QED) is 0.441.